The van der Waals surface area contributed by atoms with Gasteiger partial charge in [0, 0.05) is 29.8 Å². The number of imidazole rings is 1. The fourth-order valence-electron chi connectivity index (χ4n) is 1.74. The van der Waals surface area contributed by atoms with Gasteiger partial charge in [-0.25, -0.2) is 4.98 Å². The standard InChI is InChI=1S/C14H17N3/c1-11(2)16-14-6-4-5-13(7-14)9-17-10-15-8-12(17)3/h4-8,10,16H,1,9H2,2-3H3. The van der Waals surface area contributed by atoms with Crippen LogP contribution in [0.2, 0.25) is 0 Å². The van der Waals surface area contributed by atoms with Crippen molar-refractivity contribution in [2.24, 2.45) is 0 Å². The number of benzene rings is 1. The van der Waals surface area contributed by atoms with Crippen molar-refractivity contribution in [3.8, 4) is 0 Å². The molecule has 3 heteroatoms. The molecule has 0 spiro atoms. The van der Waals surface area contributed by atoms with Gasteiger partial charge < -0.3 is 9.88 Å². The molecule has 0 atom stereocenters. The fraction of sp³-hybridized carbons (Fsp3) is 0.214. The Bertz CT molecular complexity index is 526. The molecule has 0 aliphatic carbocycles. The molecule has 1 aromatic carbocycles. The maximum Gasteiger partial charge on any atom is 0.0951 e. The topological polar surface area (TPSA) is 29.9 Å². The second-order valence-corrected chi connectivity index (χ2v) is 4.27. The highest BCUT2D eigenvalue weighted by Crippen LogP contribution is 2.14. The summed E-state index contributed by atoms with van der Waals surface area (Å²) >= 11 is 0. The third-order valence-corrected chi connectivity index (χ3v) is 2.56. The summed E-state index contributed by atoms with van der Waals surface area (Å²) in [5, 5.41) is 3.22. The molecule has 17 heavy (non-hydrogen) atoms. The Hall–Kier alpha value is -2.03. The van der Waals surface area contributed by atoms with Gasteiger partial charge in [0.25, 0.3) is 0 Å². The van der Waals surface area contributed by atoms with Crippen LogP contribution in [0.3, 0.4) is 0 Å². The summed E-state index contributed by atoms with van der Waals surface area (Å²) in [5.74, 6) is 0. The van der Waals surface area contributed by atoms with E-state index in [1.807, 2.05) is 31.6 Å². The van der Waals surface area contributed by atoms with Crippen LogP contribution < -0.4 is 5.32 Å². The van der Waals surface area contributed by atoms with E-state index in [2.05, 4.69) is 40.5 Å². The molecule has 0 fully saturated rings. The Balaban J connectivity index is 2.16. The molecule has 1 aromatic heterocycles. The number of hydrogen-bond donors (Lipinski definition) is 1. The molecular weight excluding hydrogens is 210 g/mol. The normalized spacial score (nSPS) is 10.2. The van der Waals surface area contributed by atoms with Crippen molar-refractivity contribution in [3.05, 3.63) is 60.3 Å². The van der Waals surface area contributed by atoms with Gasteiger partial charge in [-0.05, 0) is 31.5 Å². The molecule has 0 radical (unpaired) electrons. The van der Waals surface area contributed by atoms with Gasteiger partial charge in [0.15, 0.2) is 0 Å². The number of nitrogens with zero attached hydrogens (tertiary/aromatic N) is 2. The summed E-state index contributed by atoms with van der Waals surface area (Å²) in [5.41, 5.74) is 4.44. The van der Waals surface area contributed by atoms with Crippen LogP contribution in [0, 0.1) is 6.92 Å². The van der Waals surface area contributed by atoms with Gasteiger partial charge in [-0.15, -0.1) is 0 Å². The average molecular weight is 227 g/mol. The SMILES string of the molecule is C=C(C)Nc1cccc(Cn2cncc2C)c1. The van der Waals surface area contributed by atoms with E-state index in [4.69, 9.17) is 0 Å². The zero-order chi connectivity index (χ0) is 12.3. The first-order chi connectivity index (χ1) is 8.15. The Labute approximate surface area is 102 Å². The van der Waals surface area contributed by atoms with Crippen LogP contribution in [-0.4, -0.2) is 9.55 Å². The van der Waals surface area contributed by atoms with Crippen LogP contribution in [0.15, 0.2) is 49.1 Å². The minimum atomic E-state index is 0.845. The van der Waals surface area contributed by atoms with Crippen LogP contribution in [0.25, 0.3) is 0 Å². The van der Waals surface area contributed by atoms with E-state index in [0.717, 1.165) is 17.9 Å². The lowest BCUT2D eigenvalue weighted by Gasteiger charge is -2.09. The second-order valence-electron chi connectivity index (χ2n) is 4.27. The van der Waals surface area contributed by atoms with Gasteiger partial charge in [-0.1, -0.05) is 18.7 Å². The highest BCUT2D eigenvalue weighted by molar-refractivity contribution is 5.49. The summed E-state index contributed by atoms with van der Waals surface area (Å²) in [6.45, 7) is 8.70. The Morgan fingerprint density at radius 3 is 2.94 bits per heavy atom. The maximum atomic E-state index is 4.12. The quantitative estimate of drug-likeness (QED) is 0.869. The van der Waals surface area contributed by atoms with Gasteiger partial charge in [0.1, 0.15) is 0 Å². The van der Waals surface area contributed by atoms with Crippen molar-refractivity contribution in [1.82, 2.24) is 9.55 Å². The zero-order valence-corrected chi connectivity index (χ0v) is 10.3. The molecule has 0 aliphatic heterocycles. The lowest BCUT2D eigenvalue weighted by Crippen LogP contribution is -2.01. The second kappa shape index (κ2) is 4.87. The molecule has 3 nitrogen and oxygen atoms in total. The first kappa shape index (κ1) is 11.5. The third kappa shape index (κ3) is 2.97. The van der Waals surface area contributed by atoms with E-state index in [-0.39, 0.29) is 0 Å². The molecule has 0 bridgehead atoms. The summed E-state index contributed by atoms with van der Waals surface area (Å²) in [7, 11) is 0. The third-order valence-electron chi connectivity index (χ3n) is 2.56. The summed E-state index contributed by atoms with van der Waals surface area (Å²) < 4.78 is 2.12. The molecule has 88 valence electrons. The van der Waals surface area contributed by atoms with Gasteiger partial charge in [0.2, 0.25) is 0 Å². The molecule has 0 unspecified atom stereocenters. The minimum absolute atomic E-state index is 0.845. The largest absolute Gasteiger partial charge is 0.360 e. The van der Waals surface area contributed by atoms with Crippen LogP contribution >= 0.6 is 0 Å². The summed E-state index contributed by atoms with van der Waals surface area (Å²) in [4.78, 5) is 4.12. The predicted octanol–water partition coefficient (Wildman–Crippen LogP) is 3.19. The molecular formula is C14H17N3. The van der Waals surface area contributed by atoms with Crippen molar-refractivity contribution in [2.45, 2.75) is 20.4 Å². The Morgan fingerprint density at radius 1 is 1.47 bits per heavy atom. The van der Waals surface area contributed by atoms with Crippen molar-refractivity contribution >= 4 is 5.69 Å². The molecule has 2 aromatic rings. The van der Waals surface area contributed by atoms with Crippen molar-refractivity contribution < 1.29 is 0 Å². The van der Waals surface area contributed by atoms with E-state index in [0.29, 0.717) is 0 Å². The highest BCUT2D eigenvalue weighted by Gasteiger charge is 1.99. The molecule has 0 saturated heterocycles. The summed E-state index contributed by atoms with van der Waals surface area (Å²) in [6.07, 6.45) is 3.73. The van der Waals surface area contributed by atoms with E-state index < -0.39 is 0 Å². The van der Waals surface area contributed by atoms with Gasteiger partial charge >= 0.3 is 0 Å². The lowest BCUT2D eigenvalue weighted by molar-refractivity contribution is 0.770. The van der Waals surface area contributed by atoms with Crippen LogP contribution in [0.4, 0.5) is 5.69 Å². The maximum absolute atomic E-state index is 4.12. The molecule has 0 amide bonds. The fourth-order valence-corrected chi connectivity index (χ4v) is 1.74. The van der Waals surface area contributed by atoms with Gasteiger partial charge in [-0.2, -0.15) is 0 Å². The average Bonchev–Trinajstić information content (AvgIpc) is 2.64. The minimum Gasteiger partial charge on any atom is -0.360 e. The highest BCUT2D eigenvalue weighted by atomic mass is 15.0. The van der Waals surface area contributed by atoms with Crippen LogP contribution in [0.5, 0.6) is 0 Å². The van der Waals surface area contributed by atoms with Gasteiger partial charge in [0.05, 0.1) is 6.33 Å². The van der Waals surface area contributed by atoms with Crippen LogP contribution in [-0.2, 0) is 6.54 Å². The first-order valence-corrected chi connectivity index (χ1v) is 5.63. The number of allylic oxidation sites excluding steroid dienone is 1. The Morgan fingerprint density at radius 2 is 2.29 bits per heavy atom. The lowest BCUT2D eigenvalue weighted by atomic mass is 10.2. The number of aromatic nitrogens is 2. The molecule has 0 saturated carbocycles. The number of hydrogen-bond acceptors (Lipinski definition) is 2. The monoisotopic (exact) mass is 227 g/mol. The molecule has 2 rings (SSSR count). The summed E-state index contributed by atoms with van der Waals surface area (Å²) in [6, 6.07) is 8.34. The number of aryl methyl sites for hydroxylation is 1. The predicted molar refractivity (Wildman–Crippen MR) is 70.9 cm³/mol. The van der Waals surface area contributed by atoms with E-state index in [1.165, 1.54) is 11.3 Å². The van der Waals surface area contributed by atoms with E-state index >= 15 is 0 Å². The van der Waals surface area contributed by atoms with E-state index in [1.54, 1.807) is 0 Å². The molecule has 1 N–H and O–H groups in total. The van der Waals surface area contributed by atoms with Crippen molar-refractivity contribution in [3.63, 3.8) is 0 Å². The van der Waals surface area contributed by atoms with Crippen molar-refractivity contribution in [2.75, 3.05) is 5.32 Å². The van der Waals surface area contributed by atoms with Crippen LogP contribution in [0.1, 0.15) is 18.2 Å². The van der Waals surface area contributed by atoms with Crippen molar-refractivity contribution in [1.29, 1.82) is 0 Å². The molecule has 1 heterocycles. The Kier molecular flexibility index (Phi) is 3.28. The molecule has 0 aliphatic rings. The first-order valence-electron chi connectivity index (χ1n) is 5.63. The number of nitrogens with one attached hydrogen (secondary N) is 1. The zero-order valence-electron chi connectivity index (χ0n) is 10.3. The van der Waals surface area contributed by atoms with E-state index in [9.17, 15) is 0 Å². The number of rotatable bonds is 4. The smallest absolute Gasteiger partial charge is 0.0951 e. The van der Waals surface area contributed by atoms with Gasteiger partial charge in [-0.3, -0.25) is 0 Å². The number of anilines is 1.